The first-order chi connectivity index (χ1) is 10.7. The molecule has 0 aliphatic carbocycles. The van der Waals surface area contributed by atoms with Crippen LogP contribution in [0.3, 0.4) is 0 Å². The summed E-state index contributed by atoms with van der Waals surface area (Å²) in [5, 5.41) is 28.3. The van der Waals surface area contributed by atoms with E-state index in [1.165, 1.54) is 23.9 Å². The molecule has 0 bridgehead atoms. The maximum absolute atomic E-state index is 10.9. The number of non-ortho nitro benzene ring substituents is 1. The molecule has 0 radical (unpaired) electrons. The molecule has 1 heterocycles. The monoisotopic (exact) mass is 319 g/mol. The zero-order valence-corrected chi connectivity index (χ0v) is 12.6. The summed E-state index contributed by atoms with van der Waals surface area (Å²) in [4.78, 5) is 10.4. The molecule has 2 rings (SSSR count). The second kappa shape index (κ2) is 7.53. The van der Waals surface area contributed by atoms with Crippen LogP contribution < -0.4 is 0 Å². The highest BCUT2D eigenvalue weighted by atomic mass is 32.2. The van der Waals surface area contributed by atoms with Crippen LogP contribution in [0.5, 0.6) is 0 Å². The van der Waals surface area contributed by atoms with Crippen LogP contribution in [0, 0.1) is 21.4 Å². The van der Waals surface area contributed by atoms with Crippen LogP contribution in [0.15, 0.2) is 29.4 Å². The maximum Gasteiger partial charge on any atom is 0.270 e. The number of hydrogen-bond acceptors (Lipinski definition) is 7. The van der Waals surface area contributed by atoms with E-state index in [4.69, 9.17) is 10.00 Å². The van der Waals surface area contributed by atoms with Crippen LogP contribution in [0.25, 0.3) is 11.4 Å². The van der Waals surface area contributed by atoms with Crippen LogP contribution in [-0.4, -0.2) is 39.2 Å². The molecule has 8 nitrogen and oxygen atoms in total. The van der Waals surface area contributed by atoms with Crippen molar-refractivity contribution in [1.82, 2.24) is 14.8 Å². The Bertz CT molecular complexity index is 710. The molecule has 0 N–H and O–H groups in total. The molecule has 1 aromatic heterocycles. The number of benzene rings is 1. The van der Waals surface area contributed by atoms with Crippen molar-refractivity contribution < 1.29 is 9.66 Å². The Morgan fingerprint density at radius 2 is 2.32 bits per heavy atom. The molecule has 0 saturated carbocycles. The standard InChI is InChI=1S/C13H13N5O3S/c1-21-7-6-17-12(15-16-13(17)22-8-5-14)10-3-2-4-11(9-10)18(19)20/h2-4,9H,6-8H2,1H3. The van der Waals surface area contributed by atoms with Gasteiger partial charge in [0.2, 0.25) is 0 Å². The molecule has 0 spiro atoms. The van der Waals surface area contributed by atoms with Gasteiger partial charge in [-0.1, -0.05) is 23.9 Å². The molecule has 2 aromatic rings. The van der Waals surface area contributed by atoms with E-state index in [1.807, 2.05) is 6.07 Å². The van der Waals surface area contributed by atoms with E-state index in [9.17, 15) is 10.1 Å². The summed E-state index contributed by atoms with van der Waals surface area (Å²) in [6.07, 6.45) is 0. The lowest BCUT2D eigenvalue weighted by molar-refractivity contribution is -0.384. The summed E-state index contributed by atoms with van der Waals surface area (Å²) in [6.45, 7) is 0.940. The van der Waals surface area contributed by atoms with Gasteiger partial charge in [0.05, 0.1) is 29.9 Å². The largest absolute Gasteiger partial charge is 0.383 e. The van der Waals surface area contributed by atoms with Crippen molar-refractivity contribution in [1.29, 1.82) is 5.26 Å². The topological polar surface area (TPSA) is 107 Å². The zero-order chi connectivity index (χ0) is 15.9. The predicted octanol–water partition coefficient (Wildman–Crippen LogP) is 2.12. The highest BCUT2D eigenvalue weighted by Gasteiger charge is 2.16. The zero-order valence-electron chi connectivity index (χ0n) is 11.8. The first kappa shape index (κ1) is 15.9. The average molecular weight is 319 g/mol. The molecule has 114 valence electrons. The summed E-state index contributed by atoms with van der Waals surface area (Å²) in [5.74, 6) is 0.765. The molecule has 0 unspecified atom stereocenters. The first-order valence-electron chi connectivity index (χ1n) is 6.34. The van der Waals surface area contributed by atoms with Gasteiger partial charge in [-0.25, -0.2) is 0 Å². The number of hydrogen-bond donors (Lipinski definition) is 0. The van der Waals surface area contributed by atoms with Gasteiger partial charge in [-0.2, -0.15) is 5.26 Å². The Morgan fingerprint density at radius 1 is 1.50 bits per heavy atom. The van der Waals surface area contributed by atoms with Crippen LogP contribution >= 0.6 is 11.8 Å². The first-order valence-corrected chi connectivity index (χ1v) is 7.32. The van der Waals surface area contributed by atoms with Gasteiger partial charge in [0.25, 0.3) is 5.69 Å². The van der Waals surface area contributed by atoms with Crippen molar-refractivity contribution in [3.05, 3.63) is 34.4 Å². The fraction of sp³-hybridized carbons (Fsp3) is 0.308. The van der Waals surface area contributed by atoms with Gasteiger partial charge in [0, 0.05) is 24.8 Å². The number of thioether (sulfide) groups is 1. The minimum atomic E-state index is -0.454. The number of ether oxygens (including phenoxy) is 1. The lowest BCUT2D eigenvalue weighted by Gasteiger charge is -2.08. The van der Waals surface area contributed by atoms with E-state index in [2.05, 4.69) is 10.2 Å². The molecule has 9 heteroatoms. The Hall–Kier alpha value is -2.44. The van der Waals surface area contributed by atoms with Crippen molar-refractivity contribution in [2.45, 2.75) is 11.7 Å². The third-order valence-corrected chi connectivity index (χ3v) is 3.65. The van der Waals surface area contributed by atoms with Crippen LogP contribution in [0.4, 0.5) is 5.69 Å². The molecule has 0 amide bonds. The maximum atomic E-state index is 10.9. The second-order valence-corrected chi connectivity index (χ2v) is 5.15. The van der Waals surface area contributed by atoms with E-state index in [1.54, 1.807) is 23.8 Å². The van der Waals surface area contributed by atoms with Crippen molar-refractivity contribution in [3.8, 4) is 17.5 Å². The quantitative estimate of drug-likeness (QED) is 0.437. The van der Waals surface area contributed by atoms with E-state index in [0.29, 0.717) is 29.7 Å². The van der Waals surface area contributed by atoms with Crippen LogP contribution in [-0.2, 0) is 11.3 Å². The normalized spacial score (nSPS) is 10.4. The Kier molecular flexibility index (Phi) is 5.46. The second-order valence-electron chi connectivity index (χ2n) is 4.20. The Labute approximate surface area is 130 Å². The van der Waals surface area contributed by atoms with Crippen molar-refractivity contribution in [3.63, 3.8) is 0 Å². The number of nitro groups is 1. The summed E-state index contributed by atoms with van der Waals surface area (Å²) < 4.78 is 6.86. The Balaban J connectivity index is 2.41. The van der Waals surface area contributed by atoms with Gasteiger partial charge < -0.3 is 4.74 Å². The molecule has 0 fully saturated rings. The predicted molar refractivity (Wildman–Crippen MR) is 80.3 cm³/mol. The molecule has 1 aromatic carbocycles. The molecular weight excluding hydrogens is 306 g/mol. The molecule has 0 saturated heterocycles. The van der Waals surface area contributed by atoms with E-state index in [-0.39, 0.29) is 11.4 Å². The number of methoxy groups -OCH3 is 1. The molecule has 0 aliphatic heterocycles. The SMILES string of the molecule is COCCn1c(SCC#N)nnc1-c1cccc([N+](=O)[O-])c1. The highest BCUT2D eigenvalue weighted by molar-refractivity contribution is 7.99. The fourth-order valence-corrected chi connectivity index (χ4v) is 2.47. The number of nitrogens with zero attached hydrogens (tertiary/aromatic N) is 5. The lowest BCUT2D eigenvalue weighted by atomic mass is 10.2. The van der Waals surface area contributed by atoms with Crippen molar-refractivity contribution >= 4 is 17.4 Å². The number of aromatic nitrogens is 3. The number of nitriles is 1. The smallest absolute Gasteiger partial charge is 0.270 e. The molecule has 0 atom stereocenters. The average Bonchev–Trinajstić information content (AvgIpc) is 2.93. The van der Waals surface area contributed by atoms with Crippen LogP contribution in [0.2, 0.25) is 0 Å². The molecule has 0 aliphatic rings. The fourth-order valence-electron chi connectivity index (χ4n) is 1.85. The van der Waals surface area contributed by atoms with Gasteiger partial charge in [-0.05, 0) is 0 Å². The molecule has 22 heavy (non-hydrogen) atoms. The van der Waals surface area contributed by atoms with Crippen molar-refractivity contribution in [2.24, 2.45) is 0 Å². The number of rotatable bonds is 7. The summed E-state index contributed by atoms with van der Waals surface area (Å²) in [7, 11) is 1.58. The lowest BCUT2D eigenvalue weighted by Crippen LogP contribution is -2.07. The highest BCUT2D eigenvalue weighted by Crippen LogP contribution is 2.26. The Morgan fingerprint density at radius 3 is 3.00 bits per heavy atom. The summed E-state index contributed by atoms with van der Waals surface area (Å²) in [5.41, 5.74) is 0.589. The summed E-state index contributed by atoms with van der Waals surface area (Å²) >= 11 is 1.26. The van der Waals surface area contributed by atoms with Gasteiger partial charge in [0.15, 0.2) is 11.0 Å². The van der Waals surface area contributed by atoms with Gasteiger partial charge in [-0.15, -0.1) is 10.2 Å². The van der Waals surface area contributed by atoms with Gasteiger partial charge >= 0.3 is 0 Å². The van der Waals surface area contributed by atoms with E-state index >= 15 is 0 Å². The minimum absolute atomic E-state index is 0.00924. The third kappa shape index (κ3) is 3.60. The van der Waals surface area contributed by atoms with Crippen LogP contribution in [0.1, 0.15) is 0 Å². The summed E-state index contributed by atoms with van der Waals surface area (Å²) in [6, 6.07) is 8.24. The van der Waals surface area contributed by atoms with Crippen molar-refractivity contribution in [2.75, 3.05) is 19.5 Å². The number of nitro benzene ring substituents is 1. The third-order valence-electron chi connectivity index (χ3n) is 2.82. The van der Waals surface area contributed by atoms with Gasteiger partial charge in [0.1, 0.15) is 0 Å². The molecular formula is C13H13N5O3S. The van der Waals surface area contributed by atoms with E-state index < -0.39 is 4.92 Å². The van der Waals surface area contributed by atoms with Gasteiger partial charge in [-0.3, -0.25) is 14.7 Å². The van der Waals surface area contributed by atoms with E-state index in [0.717, 1.165) is 0 Å². The minimum Gasteiger partial charge on any atom is -0.383 e.